The second-order valence-corrected chi connectivity index (χ2v) is 7.44. The van der Waals surface area contributed by atoms with Crippen LogP contribution in [-0.4, -0.2) is 0 Å². The minimum atomic E-state index is -2.59. The molecule has 0 saturated carbocycles. The molecule has 0 spiro atoms. The van der Waals surface area contributed by atoms with E-state index >= 15 is 0 Å². The van der Waals surface area contributed by atoms with E-state index in [0.29, 0.717) is 12.3 Å². The van der Waals surface area contributed by atoms with Gasteiger partial charge in [0.15, 0.2) is 0 Å². The van der Waals surface area contributed by atoms with Crippen LogP contribution < -0.4 is 0 Å². The molecule has 0 unspecified atom stereocenters. The number of hydrogen-bond acceptors (Lipinski definition) is 0. The summed E-state index contributed by atoms with van der Waals surface area (Å²) in [5.74, 6) is -1.93. The zero-order chi connectivity index (χ0) is 24.4. The molecule has 0 radical (unpaired) electrons. The van der Waals surface area contributed by atoms with Crippen LogP contribution in [0.3, 0.4) is 0 Å². The van der Waals surface area contributed by atoms with Crippen LogP contribution in [0.5, 0.6) is 0 Å². The first-order valence-corrected chi connectivity index (χ1v) is 11.9. The highest BCUT2D eigenvalue weighted by atomic mass is 19.3. The quantitative estimate of drug-likeness (QED) is 0.353. The number of rotatable bonds is 1. The Hall–Kier alpha value is -2.48. The molecule has 1 aliphatic rings. The Labute approximate surface area is 195 Å². The lowest BCUT2D eigenvalue weighted by Gasteiger charge is -2.24. The molecule has 0 N–H and O–H groups in total. The van der Waals surface area contributed by atoms with E-state index in [9.17, 15) is 8.78 Å². The van der Waals surface area contributed by atoms with Gasteiger partial charge in [0.25, 0.3) is 5.92 Å². The number of benzene rings is 3. The summed E-state index contributed by atoms with van der Waals surface area (Å²) < 4.78 is 26.4. The van der Waals surface area contributed by atoms with Crippen LogP contribution in [0.2, 0.25) is 0 Å². The van der Waals surface area contributed by atoms with Gasteiger partial charge in [-0.15, -0.1) is 0 Å². The molecule has 0 fully saturated rings. The third-order valence-electron chi connectivity index (χ3n) is 4.75. The zero-order valence-electron chi connectivity index (χ0n) is 21.0. The van der Waals surface area contributed by atoms with E-state index in [4.69, 9.17) is 0 Å². The van der Waals surface area contributed by atoms with Gasteiger partial charge in [0.05, 0.1) is 0 Å². The third kappa shape index (κ3) is 11.2. The molecule has 3 aromatic rings. The first kappa shape index (κ1) is 29.5. The number of hydrogen-bond donors (Lipinski definition) is 0. The van der Waals surface area contributed by atoms with E-state index in [1.807, 2.05) is 58.0 Å². The van der Waals surface area contributed by atoms with Gasteiger partial charge in [0.1, 0.15) is 0 Å². The topological polar surface area (TPSA) is 0 Å². The standard InChI is InChI=1S/C10H10F2.C9H12.C7H8.2C2H6/c11-10(12)7-3-5-8-4-1-2-6-9(8)10;1-8(2)9-6-4-3-5-7-9;1-7-5-3-2-4-6-7;2*1-2/h1-2,4,6H,3,5,7H2;3-8H,1-2H3;2-6H,1H3;2*1-2H3. The van der Waals surface area contributed by atoms with Crippen molar-refractivity contribution in [3.63, 3.8) is 0 Å². The van der Waals surface area contributed by atoms with Crippen molar-refractivity contribution in [1.29, 1.82) is 0 Å². The predicted octanol–water partition coefficient (Wildman–Crippen LogP) is 9.97. The number of aryl methyl sites for hydroxylation is 2. The summed E-state index contributed by atoms with van der Waals surface area (Å²) in [5, 5.41) is 0. The predicted molar refractivity (Wildman–Crippen MR) is 138 cm³/mol. The smallest absolute Gasteiger partial charge is 0.201 e. The lowest BCUT2D eigenvalue weighted by molar-refractivity contribution is -0.0216. The van der Waals surface area contributed by atoms with Crippen LogP contribution in [0.4, 0.5) is 8.78 Å². The summed E-state index contributed by atoms with van der Waals surface area (Å²) in [6, 6.07) is 27.6. The van der Waals surface area contributed by atoms with Gasteiger partial charge in [0, 0.05) is 12.0 Å². The van der Waals surface area contributed by atoms with E-state index in [0.717, 1.165) is 12.0 Å². The Kier molecular flexibility index (Phi) is 15.8. The van der Waals surface area contributed by atoms with Crippen LogP contribution in [-0.2, 0) is 12.3 Å². The molecular formula is C30H42F2. The summed E-state index contributed by atoms with van der Waals surface area (Å²) in [6.45, 7) is 14.5. The molecule has 0 bridgehead atoms. The van der Waals surface area contributed by atoms with Gasteiger partial charge in [-0.05, 0) is 36.8 Å². The number of halogens is 2. The molecule has 0 saturated heterocycles. The van der Waals surface area contributed by atoms with Crippen molar-refractivity contribution in [2.24, 2.45) is 0 Å². The summed E-state index contributed by atoms with van der Waals surface area (Å²) >= 11 is 0. The Bertz CT molecular complexity index is 809. The summed E-state index contributed by atoms with van der Waals surface area (Å²) in [5.41, 5.74) is 3.78. The summed E-state index contributed by atoms with van der Waals surface area (Å²) in [4.78, 5) is 0. The minimum absolute atomic E-state index is 0.00398. The number of alkyl halides is 2. The molecule has 3 aromatic carbocycles. The molecule has 2 heteroatoms. The molecular weight excluding hydrogens is 398 g/mol. The number of fused-ring (bicyclic) bond motifs is 1. The van der Waals surface area contributed by atoms with Crippen molar-refractivity contribution in [3.8, 4) is 0 Å². The fraction of sp³-hybridized carbons (Fsp3) is 0.400. The van der Waals surface area contributed by atoms with Crippen molar-refractivity contribution >= 4 is 0 Å². The Morgan fingerprint density at radius 2 is 1.16 bits per heavy atom. The second-order valence-electron chi connectivity index (χ2n) is 7.44. The van der Waals surface area contributed by atoms with Crippen LogP contribution in [0.1, 0.15) is 82.6 Å². The molecule has 4 rings (SSSR count). The lowest BCUT2D eigenvalue weighted by Crippen LogP contribution is -2.20. The maximum Gasteiger partial charge on any atom is 0.273 e. The Balaban J connectivity index is 0.000000430. The zero-order valence-corrected chi connectivity index (χ0v) is 21.0. The fourth-order valence-electron chi connectivity index (χ4n) is 3.10. The fourth-order valence-corrected chi connectivity index (χ4v) is 3.10. The Morgan fingerprint density at radius 1 is 0.688 bits per heavy atom. The van der Waals surface area contributed by atoms with Crippen molar-refractivity contribution in [2.45, 2.75) is 79.6 Å². The van der Waals surface area contributed by atoms with Gasteiger partial charge >= 0.3 is 0 Å². The van der Waals surface area contributed by atoms with E-state index in [-0.39, 0.29) is 12.0 Å². The Morgan fingerprint density at radius 3 is 1.56 bits per heavy atom. The van der Waals surface area contributed by atoms with Gasteiger partial charge in [0.2, 0.25) is 0 Å². The molecule has 0 aromatic heterocycles. The van der Waals surface area contributed by atoms with Crippen molar-refractivity contribution < 1.29 is 8.78 Å². The van der Waals surface area contributed by atoms with Crippen molar-refractivity contribution in [3.05, 3.63) is 107 Å². The van der Waals surface area contributed by atoms with Crippen molar-refractivity contribution in [1.82, 2.24) is 0 Å². The van der Waals surface area contributed by atoms with Crippen LogP contribution in [0.15, 0.2) is 84.9 Å². The van der Waals surface area contributed by atoms with E-state index in [1.54, 1.807) is 12.1 Å². The highest BCUT2D eigenvalue weighted by Gasteiger charge is 2.35. The van der Waals surface area contributed by atoms with Crippen LogP contribution in [0, 0.1) is 6.92 Å². The SMILES string of the molecule is CC.CC.CC(C)c1ccccc1.Cc1ccccc1.FC1(F)CCCc2ccccc21. The van der Waals surface area contributed by atoms with Gasteiger partial charge < -0.3 is 0 Å². The maximum atomic E-state index is 13.2. The molecule has 0 atom stereocenters. The maximum absolute atomic E-state index is 13.2. The minimum Gasteiger partial charge on any atom is -0.201 e. The molecule has 0 aliphatic heterocycles. The second kappa shape index (κ2) is 17.1. The molecule has 1 aliphatic carbocycles. The van der Waals surface area contributed by atoms with E-state index in [2.05, 4.69) is 57.2 Å². The largest absolute Gasteiger partial charge is 0.273 e. The highest BCUT2D eigenvalue weighted by Crippen LogP contribution is 2.39. The van der Waals surface area contributed by atoms with E-state index < -0.39 is 5.92 Å². The molecule has 176 valence electrons. The average molecular weight is 441 g/mol. The van der Waals surface area contributed by atoms with Gasteiger partial charge in [-0.1, -0.05) is 132 Å². The van der Waals surface area contributed by atoms with Gasteiger partial charge in [-0.25, -0.2) is 8.78 Å². The summed E-state index contributed by atoms with van der Waals surface area (Å²) in [7, 11) is 0. The third-order valence-corrected chi connectivity index (χ3v) is 4.75. The van der Waals surface area contributed by atoms with Crippen LogP contribution in [0.25, 0.3) is 0 Å². The van der Waals surface area contributed by atoms with E-state index in [1.165, 1.54) is 17.2 Å². The van der Waals surface area contributed by atoms with Crippen LogP contribution >= 0.6 is 0 Å². The van der Waals surface area contributed by atoms with Crippen molar-refractivity contribution in [2.75, 3.05) is 0 Å². The first-order valence-electron chi connectivity index (χ1n) is 11.9. The monoisotopic (exact) mass is 440 g/mol. The average Bonchev–Trinajstić information content (AvgIpc) is 2.84. The highest BCUT2D eigenvalue weighted by molar-refractivity contribution is 5.32. The lowest BCUT2D eigenvalue weighted by atomic mass is 9.89. The normalized spacial score (nSPS) is 12.7. The molecule has 0 nitrogen and oxygen atoms in total. The van der Waals surface area contributed by atoms with Gasteiger partial charge in [-0.3, -0.25) is 0 Å². The molecule has 0 amide bonds. The molecule has 32 heavy (non-hydrogen) atoms. The molecule has 0 heterocycles. The summed E-state index contributed by atoms with van der Waals surface area (Å²) in [6.07, 6.45) is 1.40. The first-order chi connectivity index (χ1) is 15.4. The van der Waals surface area contributed by atoms with Gasteiger partial charge in [-0.2, -0.15) is 0 Å².